The Morgan fingerprint density at radius 1 is 0.655 bits per heavy atom. The smallest absolute Gasteiger partial charge is 0.271 e. The maximum absolute atomic E-state index is 15.0. The lowest BCUT2D eigenvalue weighted by molar-refractivity contribution is -0.124. The summed E-state index contributed by atoms with van der Waals surface area (Å²) in [6.07, 6.45) is -2.85. The number of aromatic nitrogens is 7. The van der Waals surface area contributed by atoms with E-state index in [1.165, 1.54) is 44.8 Å². The minimum Gasteiger partial charge on any atom is -0.391 e. The minimum atomic E-state index is -1.28. The Kier molecular flexibility index (Phi) is 18.1. The van der Waals surface area contributed by atoms with Gasteiger partial charge in [0.1, 0.15) is 70.9 Å². The van der Waals surface area contributed by atoms with E-state index in [4.69, 9.17) is 36.4 Å². The Hall–Kier alpha value is -7.73. The summed E-state index contributed by atoms with van der Waals surface area (Å²) in [5.74, 6) is -5.46. The number of nitrogens with one attached hydrogen (secondary N) is 3. The van der Waals surface area contributed by atoms with Gasteiger partial charge in [-0.3, -0.25) is 28.8 Å². The Morgan fingerprint density at radius 2 is 1.29 bits per heavy atom. The number of pyridine rings is 1. The number of thiazole rings is 6. The number of hydrogen-bond donors (Lipinski definition) is 7. The number of nitrogens with two attached hydrogens (primary N) is 2. The van der Waals surface area contributed by atoms with Gasteiger partial charge in [0.2, 0.25) is 11.8 Å². The first-order valence-electron chi connectivity index (χ1n) is 26.2. The molecule has 1 aliphatic heterocycles. The standard InChI is InChI=1S/C57H55N13O8S6/c1-26-11-13-29(14-12-26)17-34-49(76)68-44(27(2)42(72)20-70(4)5)57-67-40(25-83-57)55-63-36(21-81-55)46-31(15-16-33(60-46)54-64-37(22-82-54)48(59)75)52-65-39(23-79-52)51(78)62-35(19-43(58)73)56-69-45(28(3)84-56)41(71)18-32(47(74)30-9-7-6-8-10-30)53-66-38(24-80-53)50(77)61-34/h6-16,21-25,27,32,34-35,42,44,47,72,74H,17-20H2,1-5H3,(H2,58,73)(H2,59,75)(H,61,77)(H,62,78)(H,68,76)/t27-,32-,34-,35-,42-,44-,47+/m0/s1. The Bertz CT molecular complexity index is 3910. The van der Waals surface area contributed by atoms with Gasteiger partial charge in [0.05, 0.1) is 41.4 Å². The zero-order chi connectivity index (χ0) is 59.5. The first kappa shape index (κ1) is 59.4. The first-order chi connectivity index (χ1) is 40.3. The van der Waals surface area contributed by atoms with Crippen molar-refractivity contribution >= 4 is 103 Å². The van der Waals surface area contributed by atoms with Gasteiger partial charge in [-0.05, 0) is 51.2 Å². The van der Waals surface area contributed by atoms with E-state index in [-0.39, 0.29) is 58.6 Å². The number of primary amides is 2. The van der Waals surface area contributed by atoms with Crippen molar-refractivity contribution in [3.8, 4) is 43.4 Å². The van der Waals surface area contributed by atoms with Gasteiger partial charge < -0.3 is 42.5 Å². The van der Waals surface area contributed by atoms with Crippen LogP contribution in [0.2, 0.25) is 0 Å². The molecule has 2 aromatic carbocycles. The van der Waals surface area contributed by atoms with Crippen LogP contribution in [0.3, 0.4) is 0 Å². The summed E-state index contributed by atoms with van der Waals surface area (Å²) < 4.78 is 0. The molecule has 0 spiro atoms. The molecule has 84 heavy (non-hydrogen) atoms. The molecule has 10 rings (SSSR count). The van der Waals surface area contributed by atoms with Crippen molar-refractivity contribution in [1.29, 1.82) is 0 Å². The number of carbonyl (C=O) groups is 6. The predicted molar refractivity (Wildman–Crippen MR) is 324 cm³/mol. The molecule has 21 nitrogen and oxygen atoms in total. The number of nitrogens with zero attached hydrogens (tertiary/aromatic N) is 8. The maximum Gasteiger partial charge on any atom is 0.271 e. The fraction of sp³-hybridized carbons (Fsp3) is 0.281. The molecule has 9 N–H and O–H groups in total. The normalized spacial score (nSPS) is 18.1. The molecule has 9 aromatic rings. The zero-order valence-corrected chi connectivity index (χ0v) is 50.5. The maximum atomic E-state index is 15.0. The molecule has 0 saturated carbocycles. The van der Waals surface area contributed by atoms with E-state index < -0.39 is 77.5 Å². The molecule has 1 aliphatic rings. The molecule has 27 heteroatoms. The fourth-order valence-electron chi connectivity index (χ4n) is 9.35. The molecule has 432 valence electrons. The monoisotopic (exact) mass is 1240 g/mol. The molecule has 7 aromatic heterocycles. The number of carbonyl (C=O) groups excluding carboxylic acids is 6. The number of Topliss-reactive ketones (excluding diaryl/α,β-unsaturated/α-hetero) is 1. The van der Waals surface area contributed by atoms with Crippen molar-refractivity contribution in [1.82, 2.24) is 55.7 Å². The lowest BCUT2D eigenvalue weighted by atomic mass is 9.90. The number of amides is 5. The summed E-state index contributed by atoms with van der Waals surface area (Å²) in [4.78, 5) is 119. The fourth-order valence-corrected chi connectivity index (χ4v) is 14.7. The largest absolute Gasteiger partial charge is 0.391 e. The number of ketones is 1. The van der Waals surface area contributed by atoms with E-state index in [9.17, 15) is 39.0 Å². The van der Waals surface area contributed by atoms with Crippen molar-refractivity contribution in [2.24, 2.45) is 17.4 Å². The van der Waals surface area contributed by atoms with Gasteiger partial charge >= 0.3 is 0 Å². The van der Waals surface area contributed by atoms with Crippen LogP contribution >= 0.6 is 68.0 Å². The van der Waals surface area contributed by atoms with Crippen LogP contribution in [0.15, 0.2) is 93.6 Å². The van der Waals surface area contributed by atoms with Crippen LogP contribution in [0, 0.1) is 19.8 Å². The summed E-state index contributed by atoms with van der Waals surface area (Å²) in [6, 6.07) is 16.6. The Morgan fingerprint density at radius 3 is 2.00 bits per heavy atom. The van der Waals surface area contributed by atoms with E-state index in [1.807, 2.05) is 57.1 Å². The number of rotatable bonds is 12. The second kappa shape index (κ2) is 25.6. The molecule has 7 atom stereocenters. The molecule has 5 amide bonds. The summed E-state index contributed by atoms with van der Waals surface area (Å²) >= 11 is 7.04. The Labute approximate surface area is 505 Å². The highest BCUT2D eigenvalue weighted by Gasteiger charge is 2.36. The summed E-state index contributed by atoms with van der Waals surface area (Å²) in [7, 11) is 3.66. The van der Waals surface area contributed by atoms with Crippen molar-refractivity contribution in [2.75, 3.05) is 20.6 Å². The van der Waals surface area contributed by atoms with E-state index in [1.54, 1.807) is 65.5 Å². The molecule has 0 saturated heterocycles. The molecule has 0 aliphatic carbocycles. The van der Waals surface area contributed by atoms with Gasteiger partial charge in [-0.1, -0.05) is 67.1 Å². The van der Waals surface area contributed by atoms with Crippen LogP contribution in [0.4, 0.5) is 0 Å². The van der Waals surface area contributed by atoms with E-state index in [2.05, 4.69) is 25.9 Å². The summed E-state index contributed by atoms with van der Waals surface area (Å²) in [5.41, 5.74) is 15.7. The van der Waals surface area contributed by atoms with Gasteiger partial charge in [0, 0.05) is 68.6 Å². The van der Waals surface area contributed by atoms with E-state index in [0.717, 1.165) is 45.1 Å². The third-order valence-electron chi connectivity index (χ3n) is 13.8. The molecule has 0 unspecified atom stereocenters. The number of benzene rings is 2. The van der Waals surface area contributed by atoms with Gasteiger partial charge in [0.15, 0.2) is 5.78 Å². The Balaban J connectivity index is 1.09. The zero-order valence-electron chi connectivity index (χ0n) is 45.6. The average molecular weight is 1240 g/mol. The second-order valence-corrected chi connectivity index (χ2v) is 25.9. The average Bonchev–Trinajstić information content (AvgIpc) is 2.78. The van der Waals surface area contributed by atoms with E-state index >= 15 is 0 Å². The van der Waals surface area contributed by atoms with Crippen molar-refractivity contribution in [3.63, 3.8) is 0 Å². The second-order valence-electron chi connectivity index (χ2n) is 20.3. The SMILES string of the molecule is Cc1ccc(C[C@@H]2NC(=O)c3csc(n3)[C@H]([C@H](O)c3ccccc3)CC(=O)c3nc(sc3C)[C@H](CC(N)=O)NC(=O)c3csc(n3)-c3ccc(-c4nc(C(N)=O)cs4)nc3-c3csc(n3)-c3csc(n3)[C@H]([C@@H](C)[C@@H](O)CN(C)C)NC2=O)cc1. The van der Waals surface area contributed by atoms with Crippen molar-refractivity contribution in [3.05, 3.63) is 153 Å². The highest BCUT2D eigenvalue weighted by Crippen LogP contribution is 2.41. The number of fused-ring (bicyclic) bond motifs is 14. The van der Waals surface area contributed by atoms with Crippen LogP contribution in [0.25, 0.3) is 43.4 Å². The van der Waals surface area contributed by atoms with Gasteiger partial charge in [-0.25, -0.2) is 34.9 Å². The molecule has 8 heterocycles. The number of aliphatic hydroxyl groups is 2. The first-order valence-corrected chi connectivity index (χ1v) is 31.4. The number of hydrogen-bond acceptors (Lipinski definition) is 22. The van der Waals surface area contributed by atoms with Gasteiger partial charge in [-0.15, -0.1) is 68.0 Å². The lowest BCUT2D eigenvalue weighted by Crippen LogP contribution is -2.51. The predicted octanol–water partition coefficient (Wildman–Crippen LogP) is 7.71. The lowest BCUT2D eigenvalue weighted by Gasteiger charge is -2.30. The topological polar surface area (TPSA) is 324 Å². The number of aryl methyl sites for hydroxylation is 2. The molecule has 0 fully saturated rings. The van der Waals surface area contributed by atoms with Crippen LogP contribution in [-0.4, -0.2) is 118 Å². The molecule has 10 bridgehead atoms. The van der Waals surface area contributed by atoms with Gasteiger partial charge in [0.25, 0.3) is 17.7 Å². The quantitative estimate of drug-likeness (QED) is 0.0616. The third kappa shape index (κ3) is 13.4. The highest BCUT2D eigenvalue weighted by molar-refractivity contribution is 7.15. The number of aliphatic hydroxyl groups excluding tert-OH is 2. The van der Waals surface area contributed by atoms with E-state index in [0.29, 0.717) is 58.8 Å². The van der Waals surface area contributed by atoms with Crippen molar-refractivity contribution < 1.29 is 39.0 Å². The summed E-state index contributed by atoms with van der Waals surface area (Å²) in [6.45, 7) is 5.70. The summed E-state index contributed by atoms with van der Waals surface area (Å²) in [5, 5.41) is 43.1. The van der Waals surface area contributed by atoms with Crippen LogP contribution in [0.1, 0.15) is 122 Å². The van der Waals surface area contributed by atoms with Gasteiger partial charge in [-0.2, -0.15) is 0 Å². The molecular formula is C57H55N13O8S6. The highest BCUT2D eigenvalue weighted by atomic mass is 32.1. The van der Waals surface area contributed by atoms with Crippen molar-refractivity contribution in [2.45, 2.75) is 76.3 Å². The van der Waals surface area contributed by atoms with Crippen LogP contribution in [0.5, 0.6) is 0 Å². The number of likely N-dealkylation sites (N-methyl/N-ethyl adjacent to an activating group) is 1. The third-order valence-corrected chi connectivity index (χ3v) is 19.4. The molecular weight excluding hydrogens is 1190 g/mol. The minimum absolute atomic E-state index is 0.00434. The van der Waals surface area contributed by atoms with Crippen LogP contribution < -0.4 is 27.4 Å². The van der Waals surface area contributed by atoms with Crippen LogP contribution in [-0.2, 0) is 16.0 Å². The molecule has 0 radical (unpaired) electrons.